The Morgan fingerprint density at radius 1 is 1.60 bits per heavy atom. The molecule has 0 aromatic carbocycles. The van der Waals surface area contributed by atoms with Gasteiger partial charge in [-0.3, -0.25) is 0 Å². The molecule has 0 bridgehead atoms. The van der Waals surface area contributed by atoms with Crippen molar-refractivity contribution < 1.29 is 9.90 Å². The van der Waals surface area contributed by atoms with Gasteiger partial charge < -0.3 is 0 Å². The molecule has 1 atom stereocenters. The van der Waals surface area contributed by atoms with Crippen LogP contribution in [0.1, 0.15) is 13.3 Å². The van der Waals surface area contributed by atoms with Crippen molar-refractivity contribution in [1.29, 1.82) is 0 Å². The van der Waals surface area contributed by atoms with Crippen LogP contribution in [0.2, 0.25) is 3.93 Å². The van der Waals surface area contributed by atoms with Crippen LogP contribution in [0.3, 0.4) is 0 Å². The topological polar surface area (TPSA) is 37.3 Å². The van der Waals surface area contributed by atoms with E-state index in [4.69, 9.17) is 31.9 Å². The van der Waals surface area contributed by atoms with Crippen molar-refractivity contribution >= 4 is 47.7 Å². The molecule has 0 fully saturated rings. The molecule has 0 amide bonds. The number of rotatable bonds is 3. The Morgan fingerprint density at radius 3 is 2.10 bits per heavy atom. The average molecular weight is 312 g/mol. The van der Waals surface area contributed by atoms with Gasteiger partial charge in [0, 0.05) is 0 Å². The van der Waals surface area contributed by atoms with Gasteiger partial charge in [-0.25, -0.2) is 0 Å². The van der Waals surface area contributed by atoms with Crippen LogP contribution in [-0.4, -0.2) is 26.1 Å². The fraction of sp³-hybridized carbons (Fsp3) is 0.750. The van der Waals surface area contributed by atoms with Crippen LogP contribution in [0, 0.1) is 0 Å². The molecule has 0 aliphatic carbocycles. The first kappa shape index (κ1) is 11.1. The third-order valence-electron chi connectivity index (χ3n) is 1.04. The molecule has 2 nitrogen and oxygen atoms in total. The number of carboxylic acids is 1. The first-order chi connectivity index (χ1) is 4.34. The molecular formula is C4H7Cl3O2Sn. The standard InChI is InChI=1S/C4H7O2.3ClH.Sn/c1-2-3-4(5)6;;;;/h2H,3H2,1H3,(H,5,6);3*1H;/q;;;;+3/p-3. The third kappa shape index (κ3) is 4.88. The van der Waals surface area contributed by atoms with E-state index in [0.29, 0.717) is 0 Å². The zero-order valence-corrected chi connectivity index (χ0v) is 10.4. The Kier molecular flexibility index (Phi) is 4.72. The van der Waals surface area contributed by atoms with E-state index >= 15 is 0 Å². The molecule has 0 radical (unpaired) electrons. The number of carboxylic acid groups (broad SMARTS) is 1. The summed E-state index contributed by atoms with van der Waals surface area (Å²) in [6, 6.07) is 0. The number of carbonyl (C=O) groups is 1. The molecule has 60 valence electrons. The Labute approximate surface area is 74.5 Å². The summed E-state index contributed by atoms with van der Waals surface area (Å²) in [6.07, 6.45) is -0.0351. The summed E-state index contributed by atoms with van der Waals surface area (Å²) in [5, 5.41) is 8.30. The fourth-order valence-electron chi connectivity index (χ4n) is 0.378. The Balaban J connectivity index is 3.85. The van der Waals surface area contributed by atoms with Gasteiger partial charge in [0.1, 0.15) is 0 Å². The van der Waals surface area contributed by atoms with Crippen LogP contribution in [0.5, 0.6) is 0 Å². The molecule has 0 aromatic heterocycles. The van der Waals surface area contributed by atoms with Crippen molar-refractivity contribution in [3.05, 3.63) is 0 Å². The Hall–Kier alpha value is 1.14. The molecule has 0 aliphatic rings. The Bertz CT molecular complexity index is 133. The molecule has 0 saturated heterocycles. The van der Waals surface area contributed by atoms with E-state index in [1.54, 1.807) is 6.92 Å². The Morgan fingerprint density at radius 2 is 2.00 bits per heavy atom. The van der Waals surface area contributed by atoms with Gasteiger partial charge in [-0.2, -0.15) is 0 Å². The number of aliphatic carboxylic acids is 1. The van der Waals surface area contributed by atoms with Crippen molar-refractivity contribution in [2.45, 2.75) is 17.3 Å². The summed E-state index contributed by atoms with van der Waals surface area (Å²) < 4.78 is -0.253. The van der Waals surface area contributed by atoms with Gasteiger partial charge in [0.2, 0.25) is 0 Å². The van der Waals surface area contributed by atoms with E-state index in [0.717, 1.165) is 0 Å². The summed E-state index contributed by atoms with van der Waals surface area (Å²) in [5.74, 6) is -0.907. The van der Waals surface area contributed by atoms with E-state index in [1.807, 2.05) is 0 Å². The average Bonchev–Trinajstić information content (AvgIpc) is 1.60. The quantitative estimate of drug-likeness (QED) is 0.813. The zero-order valence-electron chi connectivity index (χ0n) is 5.27. The number of halogens is 3. The molecule has 0 aliphatic heterocycles. The maximum absolute atomic E-state index is 10.1. The van der Waals surface area contributed by atoms with Crippen LogP contribution in [-0.2, 0) is 4.79 Å². The van der Waals surface area contributed by atoms with Crippen LogP contribution in [0.4, 0.5) is 0 Å². The van der Waals surface area contributed by atoms with E-state index < -0.39 is 21.0 Å². The molecule has 0 saturated carbocycles. The third-order valence-corrected chi connectivity index (χ3v) is 12.3. The maximum atomic E-state index is 10.1. The number of hydrogen-bond acceptors (Lipinski definition) is 1. The second kappa shape index (κ2) is 4.24. The SMILES string of the molecule is C[CH](CC(=O)O)[Sn]([Cl])([Cl])[Cl]. The van der Waals surface area contributed by atoms with Crippen molar-refractivity contribution in [3.8, 4) is 0 Å². The van der Waals surface area contributed by atoms with Gasteiger partial charge in [-0.15, -0.1) is 0 Å². The summed E-state index contributed by atoms with van der Waals surface area (Å²) in [4.78, 5) is 10.1. The summed E-state index contributed by atoms with van der Waals surface area (Å²) in [7, 11) is 16.8. The van der Waals surface area contributed by atoms with Crippen LogP contribution < -0.4 is 0 Å². The van der Waals surface area contributed by atoms with Gasteiger partial charge in [-0.1, -0.05) is 0 Å². The van der Waals surface area contributed by atoms with Gasteiger partial charge in [-0.05, 0) is 0 Å². The minimum absolute atomic E-state index is 0.0351. The fourth-order valence-corrected chi connectivity index (χ4v) is 3.09. The predicted molar refractivity (Wildman–Crippen MR) is 45.0 cm³/mol. The monoisotopic (exact) mass is 312 g/mol. The van der Waals surface area contributed by atoms with Gasteiger partial charge in [0.15, 0.2) is 0 Å². The van der Waals surface area contributed by atoms with Crippen LogP contribution >= 0.6 is 26.8 Å². The predicted octanol–water partition coefficient (Wildman–Crippen LogP) is 2.51. The molecule has 10 heavy (non-hydrogen) atoms. The second-order valence-electron chi connectivity index (χ2n) is 2.04. The summed E-state index contributed by atoms with van der Waals surface area (Å²) in [5.41, 5.74) is 0. The van der Waals surface area contributed by atoms with Crippen molar-refractivity contribution in [2.75, 3.05) is 0 Å². The van der Waals surface area contributed by atoms with Crippen molar-refractivity contribution in [3.63, 3.8) is 0 Å². The molecule has 0 heterocycles. The van der Waals surface area contributed by atoms with E-state index in [9.17, 15) is 4.79 Å². The number of hydrogen-bond donors (Lipinski definition) is 1. The normalized spacial score (nSPS) is 14.8. The summed E-state index contributed by atoms with van der Waals surface area (Å²) >= 11 is -3.46. The zero-order chi connectivity index (χ0) is 8.36. The molecule has 0 spiro atoms. The molecule has 1 unspecified atom stereocenters. The van der Waals surface area contributed by atoms with Gasteiger partial charge in [0.25, 0.3) is 0 Å². The van der Waals surface area contributed by atoms with Crippen LogP contribution in [0.15, 0.2) is 0 Å². The first-order valence-electron chi connectivity index (χ1n) is 2.62. The van der Waals surface area contributed by atoms with Crippen molar-refractivity contribution in [2.24, 2.45) is 0 Å². The molecule has 0 rings (SSSR count). The van der Waals surface area contributed by atoms with Crippen LogP contribution in [0.25, 0.3) is 0 Å². The van der Waals surface area contributed by atoms with Gasteiger partial charge in [0.05, 0.1) is 0 Å². The minimum atomic E-state index is -3.46. The summed E-state index contributed by atoms with van der Waals surface area (Å²) in [6.45, 7) is 1.66. The molecule has 0 aromatic rings. The second-order valence-corrected chi connectivity index (χ2v) is 23.8. The molecule has 1 N–H and O–H groups in total. The molecular weight excluding hydrogens is 305 g/mol. The molecule has 6 heteroatoms. The first-order valence-corrected chi connectivity index (χ1v) is 15.1. The van der Waals surface area contributed by atoms with E-state index in [1.165, 1.54) is 0 Å². The van der Waals surface area contributed by atoms with Crippen molar-refractivity contribution in [1.82, 2.24) is 0 Å². The van der Waals surface area contributed by atoms with Gasteiger partial charge >= 0.3 is 74.9 Å². The van der Waals surface area contributed by atoms with E-state index in [2.05, 4.69) is 0 Å². The van der Waals surface area contributed by atoms with E-state index in [-0.39, 0.29) is 10.4 Å².